The summed E-state index contributed by atoms with van der Waals surface area (Å²) in [5, 5.41) is 5.84. The van der Waals surface area contributed by atoms with Gasteiger partial charge < -0.3 is 15.4 Å². The van der Waals surface area contributed by atoms with Crippen molar-refractivity contribution in [3.8, 4) is 0 Å². The lowest BCUT2D eigenvalue weighted by atomic mass is 10.2. The van der Waals surface area contributed by atoms with Gasteiger partial charge in [0.25, 0.3) is 0 Å². The van der Waals surface area contributed by atoms with Crippen LogP contribution in [0.3, 0.4) is 0 Å². The van der Waals surface area contributed by atoms with Gasteiger partial charge in [-0.25, -0.2) is 0 Å². The van der Waals surface area contributed by atoms with E-state index in [1.165, 1.54) is 6.92 Å². The number of hydrogen-bond acceptors (Lipinski definition) is 5. The maximum Gasteiger partial charge on any atom is 0.160 e. The summed E-state index contributed by atoms with van der Waals surface area (Å²) in [6, 6.07) is 0. The normalized spacial score (nSPS) is 10.3. The van der Waals surface area contributed by atoms with Crippen molar-refractivity contribution in [3.05, 3.63) is 0 Å². The Morgan fingerprint density at radius 3 is 2.11 bits per heavy atom. The average Bonchev–Trinajstić information content (AvgIpc) is 2.32. The smallest absolute Gasteiger partial charge is 0.160 e. The van der Waals surface area contributed by atoms with Crippen LogP contribution in [0.4, 0.5) is 0 Å². The monoisotopic (exact) mass is 256 g/mol. The van der Waals surface area contributed by atoms with Gasteiger partial charge in [0.2, 0.25) is 0 Å². The van der Waals surface area contributed by atoms with Crippen molar-refractivity contribution >= 4 is 17.3 Å². The van der Waals surface area contributed by atoms with Gasteiger partial charge in [0.15, 0.2) is 5.78 Å². The molecular weight excluding hydrogens is 232 g/mol. The fraction of sp³-hybridized carbons (Fsp3) is 0.769. The van der Waals surface area contributed by atoms with E-state index in [0.29, 0.717) is 6.54 Å². The number of ketones is 3. The Hall–Kier alpha value is -1.07. The maximum absolute atomic E-state index is 11.4. The lowest BCUT2D eigenvalue weighted by Gasteiger charge is -2.04. The first-order valence-corrected chi connectivity index (χ1v) is 6.50. The van der Waals surface area contributed by atoms with E-state index in [9.17, 15) is 14.4 Å². The van der Waals surface area contributed by atoms with Crippen LogP contribution in [-0.2, 0) is 14.4 Å². The van der Waals surface area contributed by atoms with Crippen molar-refractivity contribution < 1.29 is 14.4 Å². The molecule has 0 rings (SSSR count). The van der Waals surface area contributed by atoms with Crippen LogP contribution in [0.15, 0.2) is 0 Å². The van der Waals surface area contributed by atoms with Gasteiger partial charge in [0, 0.05) is 12.8 Å². The minimum Gasteiger partial charge on any atom is -0.310 e. The van der Waals surface area contributed by atoms with Crippen LogP contribution in [0, 0.1) is 0 Å². The van der Waals surface area contributed by atoms with E-state index in [-0.39, 0.29) is 43.3 Å². The molecule has 0 heterocycles. The molecule has 0 aromatic heterocycles. The van der Waals surface area contributed by atoms with Gasteiger partial charge in [0.05, 0.1) is 19.6 Å². The van der Waals surface area contributed by atoms with E-state index in [1.807, 2.05) is 0 Å². The highest BCUT2D eigenvalue weighted by Gasteiger charge is 2.05. The Morgan fingerprint density at radius 1 is 0.889 bits per heavy atom. The standard InChI is InChI=1S/C13H24N2O3/c1-3-4-7-14-9-13(18)10-15-8-12(17)6-5-11(2)16/h14-15H,3-10H2,1-2H3. The molecular formula is C13H24N2O3. The van der Waals surface area contributed by atoms with Gasteiger partial charge in [-0.15, -0.1) is 0 Å². The Kier molecular flexibility index (Phi) is 10.4. The molecule has 5 nitrogen and oxygen atoms in total. The molecule has 0 aromatic carbocycles. The number of nitrogens with one attached hydrogen (secondary N) is 2. The van der Waals surface area contributed by atoms with Crippen LogP contribution in [0.1, 0.15) is 39.5 Å². The summed E-state index contributed by atoms with van der Waals surface area (Å²) >= 11 is 0. The quantitative estimate of drug-likeness (QED) is 0.497. The van der Waals surface area contributed by atoms with Gasteiger partial charge >= 0.3 is 0 Å². The molecule has 0 aromatic rings. The molecule has 0 fully saturated rings. The summed E-state index contributed by atoms with van der Waals surface area (Å²) in [7, 11) is 0. The summed E-state index contributed by atoms with van der Waals surface area (Å²) in [5.74, 6) is 0.0296. The van der Waals surface area contributed by atoms with Crippen molar-refractivity contribution in [2.45, 2.75) is 39.5 Å². The van der Waals surface area contributed by atoms with Crippen molar-refractivity contribution in [3.63, 3.8) is 0 Å². The molecule has 18 heavy (non-hydrogen) atoms. The molecule has 0 bridgehead atoms. The predicted molar refractivity (Wildman–Crippen MR) is 70.6 cm³/mol. The summed E-state index contributed by atoms with van der Waals surface area (Å²) in [6.45, 7) is 5.11. The van der Waals surface area contributed by atoms with E-state index in [1.54, 1.807) is 0 Å². The zero-order valence-corrected chi connectivity index (χ0v) is 11.4. The molecule has 0 aliphatic rings. The molecule has 0 saturated heterocycles. The van der Waals surface area contributed by atoms with E-state index >= 15 is 0 Å². The van der Waals surface area contributed by atoms with Crippen LogP contribution in [0.25, 0.3) is 0 Å². The number of rotatable bonds is 12. The first-order valence-electron chi connectivity index (χ1n) is 6.50. The predicted octanol–water partition coefficient (Wildman–Crippen LogP) is 0.473. The molecule has 0 radical (unpaired) electrons. The lowest BCUT2D eigenvalue weighted by Crippen LogP contribution is -2.34. The lowest BCUT2D eigenvalue weighted by molar-refractivity contribution is -0.123. The highest BCUT2D eigenvalue weighted by Crippen LogP contribution is 1.91. The molecule has 5 heteroatoms. The van der Waals surface area contributed by atoms with Gasteiger partial charge in [-0.2, -0.15) is 0 Å². The molecule has 0 aliphatic heterocycles. The van der Waals surface area contributed by atoms with Crippen LogP contribution < -0.4 is 10.6 Å². The number of carbonyl (C=O) groups excluding carboxylic acids is 3. The molecule has 0 saturated carbocycles. The highest BCUT2D eigenvalue weighted by atomic mass is 16.1. The fourth-order valence-electron chi connectivity index (χ4n) is 1.34. The number of unbranched alkanes of at least 4 members (excludes halogenated alkanes) is 1. The second-order valence-electron chi connectivity index (χ2n) is 4.41. The van der Waals surface area contributed by atoms with Gasteiger partial charge in [-0.05, 0) is 19.9 Å². The third-order valence-electron chi connectivity index (χ3n) is 2.43. The van der Waals surface area contributed by atoms with E-state index < -0.39 is 0 Å². The van der Waals surface area contributed by atoms with Crippen LogP contribution >= 0.6 is 0 Å². The topological polar surface area (TPSA) is 75.3 Å². The van der Waals surface area contributed by atoms with Crippen LogP contribution in [0.2, 0.25) is 0 Å². The molecule has 0 amide bonds. The average molecular weight is 256 g/mol. The third kappa shape index (κ3) is 11.4. The van der Waals surface area contributed by atoms with Gasteiger partial charge in [0.1, 0.15) is 11.6 Å². The summed E-state index contributed by atoms with van der Waals surface area (Å²) in [4.78, 5) is 33.3. The first-order chi connectivity index (χ1) is 8.56. The Bertz CT molecular complexity index is 277. The number of hydrogen-bond donors (Lipinski definition) is 2. The SMILES string of the molecule is CCCCNCC(=O)CNCC(=O)CCC(C)=O. The molecule has 0 unspecified atom stereocenters. The fourth-order valence-corrected chi connectivity index (χ4v) is 1.34. The van der Waals surface area contributed by atoms with Crippen LogP contribution in [-0.4, -0.2) is 43.5 Å². The zero-order chi connectivity index (χ0) is 13.8. The highest BCUT2D eigenvalue weighted by molar-refractivity contribution is 5.87. The number of Topliss-reactive ketones (excluding diaryl/α,β-unsaturated/α-hetero) is 3. The van der Waals surface area contributed by atoms with E-state index in [4.69, 9.17) is 0 Å². The van der Waals surface area contributed by atoms with Crippen molar-refractivity contribution in [2.24, 2.45) is 0 Å². The molecule has 2 N–H and O–H groups in total. The second kappa shape index (κ2) is 11.0. The van der Waals surface area contributed by atoms with E-state index in [2.05, 4.69) is 17.6 Å². The Balaban J connectivity index is 3.44. The minimum absolute atomic E-state index is 0.0135. The molecule has 0 spiro atoms. The molecule has 0 atom stereocenters. The minimum atomic E-state index is -0.0306. The maximum atomic E-state index is 11.4. The first kappa shape index (κ1) is 16.9. The number of carbonyl (C=O) groups is 3. The Labute approximate surface area is 109 Å². The van der Waals surface area contributed by atoms with Gasteiger partial charge in [-0.3, -0.25) is 9.59 Å². The molecule has 0 aliphatic carbocycles. The van der Waals surface area contributed by atoms with Crippen molar-refractivity contribution in [2.75, 3.05) is 26.2 Å². The summed E-state index contributed by atoms with van der Waals surface area (Å²) < 4.78 is 0. The summed E-state index contributed by atoms with van der Waals surface area (Å²) in [5.41, 5.74) is 0. The molecule has 104 valence electrons. The van der Waals surface area contributed by atoms with Crippen molar-refractivity contribution in [1.29, 1.82) is 0 Å². The zero-order valence-electron chi connectivity index (χ0n) is 11.4. The second-order valence-corrected chi connectivity index (χ2v) is 4.41. The third-order valence-corrected chi connectivity index (χ3v) is 2.43. The van der Waals surface area contributed by atoms with E-state index in [0.717, 1.165) is 19.4 Å². The van der Waals surface area contributed by atoms with Crippen LogP contribution in [0.5, 0.6) is 0 Å². The Morgan fingerprint density at radius 2 is 1.50 bits per heavy atom. The summed E-state index contributed by atoms with van der Waals surface area (Å²) in [6.07, 6.45) is 2.70. The largest absolute Gasteiger partial charge is 0.310 e. The van der Waals surface area contributed by atoms with Gasteiger partial charge in [-0.1, -0.05) is 13.3 Å². The van der Waals surface area contributed by atoms with Crippen molar-refractivity contribution in [1.82, 2.24) is 10.6 Å².